The normalized spacial score (nSPS) is 17.1. The van der Waals surface area contributed by atoms with Gasteiger partial charge in [-0.15, -0.1) is 0 Å². The molecule has 5 heteroatoms. The van der Waals surface area contributed by atoms with Crippen LogP contribution in [0.5, 0.6) is 0 Å². The van der Waals surface area contributed by atoms with Crippen LogP contribution in [0.3, 0.4) is 0 Å². The summed E-state index contributed by atoms with van der Waals surface area (Å²) in [5, 5.41) is 3.22. The summed E-state index contributed by atoms with van der Waals surface area (Å²) in [5.41, 5.74) is 1.03. The number of sulfonamides is 1. The molecular formula is C16H26N2O2S. The van der Waals surface area contributed by atoms with Crippen LogP contribution in [0.4, 0.5) is 0 Å². The number of rotatable bonds is 8. The molecule has 1 aliphatic rings. The van der Waals surface area contributed by atoms with Gasteiger partial charge >= 0.3 is 0 Å². The summed E-state index contributed by atoms with van der Waals surface area (Å²) in [6.07, 6.45) is 3.24. The highest BCUT2D eigenvalue weighted by atomic mass is 32.2. The molecule has 1 aromatic rings. The van der Waals surface area contributed by atoms with E-state index < -0.39 is 10.0 Å². The first kappa shape index (κ1) is 16.5. The Morgan fingerprint density at radius 3 is 2.57 bits per heavy atom. The predicted octanol–water partition coefficient (Wildman–Crippen LogP) is 2.78. The first-order valence-electron chi connectivity index (χ1n) is 7.80. The lowest BCUT2D eigenvalue weighted by atomic mass is 10.1. The van der Waals surface area contributed by atoms with E-state index in [0.29, 0.717) is 23.9 Å². The van der Waals surface area contributed by atoms with Crippen LogP contribution in [-0.4, -0.2) is 32.9 Å². The lowest BCUT2D eigenvalue weighted by molar-refractivity contribution is 0.412. The maximum Gasteiger partial charge on any atom is 0.243 e. The SMILES string of the molecule is CCC(NC)c1cccc(S(=O)(=O)N(CC)CC2CC2)c1. The molecule has 1 fully saturated rings. The molecule has 1 unspecified atom stereocenters. The van der Waals surface area contributed by atoms with Crippen LogP contribution in [0.15, 0.2) is 29.2 Å². The Morgan fingerprint density at radius 1 is 1.33 bits per heavy atom. The topological polar surface area (TPSA) is 49.4 Å². The lowest BCUT2D eigenvalue weighted by Gasteiger charge is -2.21. The van der Waals surface area contributed by atoms with Gasteiger partial charge in [0.15, 0.2) is 0 Å². The number of hydrogen-bond donors (Lipinski definition) is 1. The summed E-state index contributed by atoms with van der Waals surface area (Å²) >= 11 is 0. The van der Waals surface area contributed by atoms with Crippen molar-refractivity contribution >= 4 is 10.0 Å². The lowest BCUT2D eigenvalue weighted by Crippen LogP contribution is -2.33. The Morgan fingerprint density at radius 2 is 2.05 bits per heavy atom. The number of benzene rings is 1. The fourth-order valence-corrected chi connectivity index (χ4v) is 4.21. The van der Waals surface area contributed by atoms with Crippen molar-refractivity contribution in [3.8, 4) is 0 Å². The minimum atomic E-state index is -3.37. The first-order chi connectivity index (χ1) is 10.0. The van der Waals surface area contributed by atoms with E-state index >= 15 is 0 Å². The standard InChI is InChI=1S/C16H26N2O2S/c1-4-16(17-3)14-7-6-8-15(11-14)21(19,20)18(5-2)12-13-9-10-13/h6-8,11,13,16-17H,4-5,9-10,12H2,1-3H3. The van der Waals surface area contributed by atoms with E-state index in [1.54, 1.807) is 10.4 Å². The maximum absolute atomic E-state index is 12.8. The molecule has 0 spiro atoms. The Balaban J connectivity index is 2.28. The van der Waals surface area contributed by atoms with E-state index in [-0.39, 0.29) is 6.04 Å². The highest BCUT2D eigenvalue weighted by Crippen LogP contribution is 2.32. The van der Waals surface area contributed by atoms with Gasteiger partial charge in [-0.05, 0) is 49.9 Å². The third-order valence-corrected chi connectivity index (χ3v) is 6.10. The molecule has 0 bridgehead atoms. The highest BCUT2D eigenvalue weighted by Gasteiger charge is 2.30. The summed E-state index contributed by atoms with van der Waals surface area (Å²) in [7, 11) is -1.47. The molecule has 0 aliphatic heterocycles. The quantitative estimate of drug-likeness (QED) is 0.803. The third kappa shape index (κ3) is 3.84. The summed E-state index contributed by atoms with van der Waals surface area (Å²) in [4.78, 5) is 0.413. The number of hydrogen-bond acceptors (Lipinski definition) is 3. The van der Waals surface area contributed by atoms with Crippen LogP contribution < -0.4 is 5.32 Å². The number of nitrogens with one attached hydrogen (secondary N) is 1. The van der Waals surface area contributed by atoms with Crippen molar-refractivity contribution in [1.29, 1.82) is 0 Å². The van der Waals surface area contributed by atoms with Crippen LogP contribution in [0, 0.1) is 5.92 Å². The second-order valence-electron chi connectivity index (χ2n) is 5.72. The number of nitrogens with zero attached hydrogens (tertiary/aromatic N) is 1. The minimum absolute atomic E-state index is 0.193. The van der Waals surface area contributed by atoms with Crippen LogP contribution >= 0.6 is 0 Å². The molecule has 4 nitrogen and oxygen atoms in total. The van der Waals surface area contributed by atoms with E-state index in [2.05, 4.69) is 12.2 Å². The molecule has 1 N–H and O–H groups in total. The highest BCUT2D eigenvalue weighted by molar-refractivity contribution is 7.89. The van der Waals surface area contributed by atoms with E-state index in [1.165, 1.54) is 0 Å². The second kappa shape index (κ2) is 6.90. The summed E-state index contributed by atoms with van der Waals surface area (Å²) in [6, 6.07) is 7.54. The second-order valence-corrected chi connectivity index (χ2v) is 7.66. The van der Waals surface area contributed by atoms with Crippen LogP contribution in [0.2, 0.25) is 0 Å². The van der Waals surface area contributed by atoms with Crippen molar-refractivity contribution in [2.45, 2.75) is 44.0 Å². The van der Waals surface area contributed by atoms with Crippen molar-refractivity contribution in [2.24, 2.45) is 5.92 Å². The third-order valence-electron chi connectivity index (χ3n) is 4.17. The van der Waals surface area contributed by atoms with Gasteiger partial charge in [0.25, 0.3) is 0 Å². The Hall–Kier alpha value is -0.910. The molecule has 2 rings (SSSR count). The Bertz CT molecular complexity index is 563. The monoisotopic (exact) mass is 310 g/mol. The minimum Gasteiger partial charge on any atom is -0.313 e. The van der Waals surface area contributed by atoms with Crippen LogP contribution in [0.25, 0.3) is 0 Å². The zero-order chi connectivity index (χ0) is 15.5. The predicted molar refractivity (Wildman–Crippen MR) is 85.7 cm³/mol. The Labute approximate surface area is 128 Å². The largest absolute Gasteiger partial charge is 0.313 e. The van der Waals surface area contributed by atoms with Crippen molar-refractivity contribution in [3.05, 3.63) is 29.8 Å². The molecule has 0 radical (unpaired) electrons. The molecule has 1 atom stereocenters. The van der Waals surface area contributed by atoms with Gasteiger partial charge in [0.1, 0.15) is 0 Å². The van der Waals surface area contributed by atoms with E-state index in [4.69, 9.17) is 0 Å². The average Bonchev–Trinajstić information content (AvgIpc) is 3.30. The molecule has 118 valence electrons. The van der Waals surface area contributed by atoms with Gasteiger partial charge in [-0.25, -0.2) is 8.42 Å². The summed E-state index contributed by atoms with van der Waals surface area (Å²) < 4.78 is 27.2. The molecule has 0 heterocycles. The molecule has 0 aromatic heterocycles. The van der Waals surface area contributed by atoms with Gasteiger partial charge in [-0.3, -0.25) is 0 Å². The fraction of sp³-hybridized carbons (Fsp3) is 0.625. The zero-order valence-corrected chi connectivity index (χ0v) is 14.0. The summed E-state index contributed by atoms with van der Waals surface area (Å²) in [5.74, 6) is 0.559. The molecule has 0 amide bonds. The zero-order valence-electron chi connectivity index (χ0n) is 13.2. The average molecular weight is 310 g/mol. The summed E-state index contributed by atoms with van der Waals surface area (Å²) in [6.45, 7) is 5.19. The maximum atomic E-state index is 12.8. The van der Waals surface area contributed by atoms with Crippen molar-refractivity contribution in [1.82, 2.24) is 9.62 Å². The smallest absolute Gasteiger partial charge is 0.243 e. The van der Waals surface area contributed by atoms with Crippen molar-refractivity contribution in [3.63, 3.8) is 0 Å². The van der Waals surface area contributed by atoms with Crippen LogP contribution in [-0.2, 0) is 10.0 Å². The fourth-order valence-electron chi connectivity index (χ4n) is 2.63. The molecule has 1 saturated carbocycles. The van der Waals surface area contributed by atoms with Gasteiger partial charge in [0.05, 0.1) is 4.90 Å². The van der Waals surface area contributed by atoms with E-state index in [0.717, 1.165) is 24.8 Å². The molecule has 0 saturated heterocycles. The van der Waals surface area contributed by atoms with Gasteiger partial charge in [-0.1, -0.05) is 26.0 Å². The van der Waals surface area contributed by atoms with Crippen molar-refractivity contribution < 1.29 is 8.42 Å². The molecule has 21 heavy (non-hydrogen) atoms. The van der Waals surface area contributed by atoms with Gasteiger partial charge in [-0.2, -0.15) is 4.31 Å². The van der Waals surface area contributed by atoms with E-state index in [9.17, 15) is 8.42 Å². The molecule has 1 aliphatic carbocycles. The van der Waals surface area contributed by atoms with Gasteiger partial charge in [0.2, 0.25) is 10.0 Å². The van der Waals surface area contributed by atoms with Gasteiger partial charge < -0.3 is 5.32 Å². The van der Waals surface area contributed by atoms with Crippen molar-refractivity contribution in [2.75, 3.05) is 20.1 Å². The first-order valence-corrected chi connectivity index (χ1v) is 9.24. The Kier molecular flexibility index (Phi) is 5.41. The van der Waals surface area contributed by atoms with E-state index in [1.807, 2.05) is 32.2 Å². The van der Waals surface area contributed by atoms with Gasteiger partial charge in [0, 0.05) is 19.1 Å². The van der Waals surface area contributed by atoms with Crippen LogP contribution in [0.1, 0.15) is 44.7 Å². The molecule has 1 aromatic carbocycles. The molecular weight excluding hydrogens is 284 g/mol.